The standard InChI is InChI=1S/C8H18N2O2.C7H13N2O2/c11-7-5-9-1-2-10(4-3-9)6-8-12;10-5-3-8-1-2-9(7-8)4-6-11/h11-12H,1-8H2;1-2,7,10-11H,3-6H2/q;+1. The van der Waals surface area contributed by atoms with Gasteiger partial charge in [0.15, 0.2) is 0 Å². The second kappa shape index (κ2) is 12.4. The average Bonchev–Trinajstić information content (AvgIpc) is 2.99. The minimum atomic E-state index is 0.147. The van der Waals surface area contributed by atoms with Crippen molar-refractivity contribution >= 4 is 0 Å². The SMILES string of the molecule is OCCN1CCN(CCO)CC1.OCCn1cc[n+](CCO)c1. The Morgan fingerprint density at radius 2 is 1.26 bits per heavy atom. The van der Waals surface area contributed by atoms with Crippen molar-refractivity contribution in [2.45, 2.75) is 13.1 Å². The molecule has 0 aromatic carbocycles. The number of hydrogen-bond donors (Lipinski definition) is 4. The van der Waals surface area contributed by atoms with Gasteiger partial charge in [0.05, 0.1) is 26.4 Å². The molecule has 0 amide bonds. The highest BCUT2D eigenvalue weighted by molar-refractivity contribution is 4.71. The van der Waals surface area contributed by atoms with E-state index in [2.05, 4.69) is 9.80 Å². The van der Waals surface area contributed by atoms with E-state index in [-0.39, 0.29) is 26.4 Å². The Bertz CT molecular complexity index is 360. The lowest BCUT2D eigenvalue weighted by Gasteiger charge is -2.33. The quantitative estimate of drug-likeness (QED) is 0.389. The molecule has 0 radical (unpaired) electrons. The molecule has 0 atom stereocenters. The Kier molecular flexibility index (Phi) is 10.8. The number of aromatic nitrogens is 2. The number of imidazole rings is 1. The Morgan fingerprint density at radius 3 is 1.70 bits per heavy atom. The molecule has 4 N–H and O–H groups in total. The summed E-state index contributed by atoms with van der Waals surface area (Å²) in [5, 5.41) is 34.5. The molecule has 23 heavy (non-hydrogen) atoms. The van der Waals surface area contributed by atoms with Crippen molar-refractivity contribution in [3.05, 3.63) is 18.7 Å². The summed E-state index contributed by atoms with van der Waals surface area (Å²) in [5.74, 6) is 0. The monoisotopic (exact) mass is 331 g/mol. The lowest BCUT2D eigenvalue weighted by molar-refractivity contribution is -0.697. The van der Waals surface area contributed by atoms with Crippen LogP contribution in [0.5, 0.6) is 0 Å². The fraction of sp³-hybridized carbons (Fsp3) is 0.800. The van der Waals surface area contributed by atoms with Gasteiger partial charge in [-0.15, -0.1) is 0 Å². The van der Waals surface area contributed by atoms with Gasteiger partial charge in [0, 0.05) is 39.3 Å². The number of nitrogens with zero attached hydrogens (tertiary/aromatic N) is 4. The predicted octanol–water partition coefficient (Wildman–Crippen LogP) is -2.65. The molecular formula is C15H31N4O4+. The van der Waals surface area contributed by atoms with E-state index < -0.39 is 0 Å². The third kappa shape index (κ3) is 8.40. The molecule has 8 heteroatoms. The van der Waals surface area contributed by atoms with Crippen molar-refractivity contribution in [1.29, 1.82) is 0 Å². The zero-order chi connectivity index (χ0) is 16.9. The minimum Gasteiger partial charge on any atom is -0.395 e. The third-order valence-electron chi connectivity index (χ3n) is 3.76. The second-order valence-corrected chi connectivity index (χ2v) is 5.47. The Labute approximate surface area is 137 Å². The van der Waals surface area contributed by atoms with E-state index in [1.54, 1.807) is 0 Å². The van der Waals surface area contributed by atoms with Crippen LogP contribution in [0.15, 0.2) is 18.7 Å². The number of hydrogen-bond acceptors (Lipinski definition) is 6. The first kappa shape index (κ1) is 20.0. The van der Waals surface area contributed by atoms with Gasteiger partial charge in [-0.1, -0.05) is 0 Å². The summed E-state index contributed by atoms with van der Waals surface area (Å²) in [6.07, 6.45) is 5.59. The van der Waals surface area contributed by atoms with Crippen molar-refractivity contribution in [2.75, 3.05) is 65.7 Å². The van der Waals surface area contributed by atoms with Crippen LogP contribution < -0.4 is 4.57 Å². The summed E-state index contributed by atoms with van der Waals surface area (Å²) < 4.78 is 3.74. The van der Waals surface area contributed by atoms with Crippen LogP contribution >= 0.6 is 0 Å². The van der Waals surface area contributed by atoms with Crippen molar-refractivity contribution in [3.63, 3.8) is 0 Å². The van der Waals surface area contributed by atoms with Crippen LogP contribution in [0.4, 0.5) is 0 Å². The number of piperazine rings is 1. The van der Waals surface area contributed by atoms with Gasteiger partial charge in [0.25, 0.3) is 0 Å². The van der Waals surface area contributed by atoms with E-state index in [9.17, 15) is 0 Å². The van der Waals surface area contributed by atoms with Gasteiger partial charge in [-0.2, -0.15) is 0 Å². The molecule has 0 saturated carbocycles. The summed E-state index contributed by atoms with van der Waals surface area (Å²) in [4.78, 5) is 4.49. The first-order chi connectivity index (χ1) is 11.2. The summed E-state index contributed by atoms with van der Waals surface area (Å²) in [7, 11) is 0. The second-order valence-electron chi connectivity index (χ2n) is 5.47. The van der Waals surface area contributed by atoms with E-state index in [4.69, 9.17) is 20.4 Å². The number of aliphatic hydroxyl groups excluding tert-OH is 4. The maximum absolute atomic E-state index is 8.69. The van der Waals surface area contributed by atoms with E-state index in [0.29, 0.717) is 13.1 Å². The molecule has 134 valence electrons. The lowest BCUT2D eigenvalue weighted by Crippen LogP contribution is -2.47. The Hall–Kier alpha value is -1.03. The molecule has 1 aliphatic heterocycles. The van der Waals surface area contributed by atoms with Gasteiger partial charge in [-0.3, -0.25) is 9.80 Å². The van der Waals surface area contributed by atoms with Crippen LogP contribution in [0.3, 0.4) is 0 Å². The van der Waals surface area contributed by atoms with Crippen LogP contribution in [-0.4, -0.2) is 100 Å². The van der Waals surface area contributed by atoms with Crippen LogP contribution in [0.2, 0.25) is 0 Å². The summed E-state index contributed by atoms with van der Waals surface area (Å²) >= 11 is 0. The van der Waals surface area contributed by atoms with E-state index >= 15 is 0 Å². The van der Waals surface area contributed by atoms with Crippen LogP contribution in [0, 0.1) is 0 Å². The van der Waals surface area contributed by atoms with Crippen LogP contribution in [0.25, 0.3) is 0 Å². The van der Waals surface area contributed by atoms with E-state index in [1.165, 1.54) is 0 Å². The largest absolute Gasteiger partial charge is 0.395 e. The molecule has 2 rings (SSSR count). The highest BCUT2D eigenvalue weighted by Crippen LogP contribution is 1.99. The normalized spacial score (nSPS) is 16.2. The van der Waals surface area contributed by atoms with Crippen LogP contribution in [0.1, 0.15) is 0 Å². The third-order valence-corrected chi connectivity index (χ3v) is 3.76. The van der Waals surface area contributed by atoms with Crippen molar-refractivity contribution < 1.29 is 25.0 Å². The average molecular weight is 331 g/mol. The maximum atomic E-state index is 8.69. The number of β-amino-alcohol motifs (C(OH)–C–C–N with tert-alkyl or cyclic N) is 2. The zero-order valence-electron chi connectivity index (χ0n) is 13.8. The molecule has 0 spiro atoms. The minimum absolute atomic E-state index is 0.147. The van der Waals surface area contributed by atoms with Gasteiger partial charge in [0.1, 0.15) is 25.5 Å². The topological polar surface area (TPSA) is 96.2 Å². The molecule has 8 nitrogen and oxygen atoms in total. The molecule has 2 heterocycles. The van der Waals surface area contributed by atoms with E-state index in [1.807, 2.05) is 27.9 Å². The van der Waals surface area contributed by atoms with Crippen molar-refractivity contribution in [3.8, 4) is 0 Å². The highest BCUT2D eigenvalue weighted by Gasteiger charge is 2.14. The van der Waals surface area contributed by atoms with Gasteiger partial charge in [0.2, 0.25) is 6.33 Å². The molecule has 1 aromatic rings. The Morgan fingerprint density at radius 1 is 0.739 bits per heavy atom. The lowest BCUT2D eigenvalue weighted by atomic mass is 10.3. The number of rotatable bonds is 8. The summed E-state index contributed by atoms with van der Waals surface area (Å²) in [5.41, 5.74) is 0. The Balaban J connectivity index is 0.000000231. The van der Waals surface area contributed by atoms with Gasteiger partial charge >= 0.3 is 0 Å². The fourth-order valence-electron chi connectivity index (χ4n) is 2.45. The zero-order valence-corrected chi connectivity index (χ0v) is 13.8. The molecular weight excluding hydrogens is 300 g/mol. The van der Waals surface area contributed by atoms with E-state index in [0.717, 1.165) is 39.3 Å². The van der Waals surface area contributed by atoms with Crippen molar-refractivity contribution in [2.24, 2.45) is 0 Å². The molecule has 1 aromatic heterocycles. The molecule has 1 fully saturated rings. The molecule has 0 unspecified atom stereocenters. The molecule has 0 aliphatic carbocycles. The van der Waals surface area contributed by atoms with Gasteiger partial charge in [-0.25, -0.2) is 9.13 Å². The molecule has 1 saturated heterocycles. The molecule has 0 bridgehead atoms. The molecule has 1 aliphatic rings. The van der Waals surface area contributed by atoms with Gasteiger partial charge < -0.3 is 20.4 Å². The van der Waals surface area contributed by atoms with Crippen molar-refractivity contribution in [1.82, 2.24) is 14.4 Å². The fourth-order valence-corrected chi connectivity index (χ4v) is 2.45. The summed E-state index contributed by atoms with van der Waals surface area (Å²) in [6.45, 7) is 7.64. The first-order valence-electron chi connectivity index (χ1n) is 8.16. The first-order valence-corrected chi connectivity index (χ1v) is 8.16. The highest BCUT2D eigenvalue weighted by atomic mass is 16.3. The summed E-state index contributed by atoms with van der Waals surface area (Å²) in [6, 6.07) is 0. The van der Waals surface area contributed by atoms with Crippen LogP contribution in [-0.2, 0) is 13.1 Å². The predicted molar refractivity (Wildman–Crippen MR) is 85.9 cm³/mol. The maximum Gasteiger partial charge on any atom is 0.243 e. The number of aliphatic hydroxyl groups is 4. The van der Waals surface area contributed by atoms with Gasteiger partial charge in [-0.05, 0) is 0 Å². The smallest absolute Gasteiger partial charge is 0.243 e.